The Bertz CT molecular complexity index is 412. The quantitative estimate of drug-likeness (QED) is 0.842. The standard InChI is InChI=1S/C12H13BrN2O/c1-2-5-15(6-7-16)12-4-3-11(13)8-10(12)9-14/h2-4,8,16H,1,5-7H2. The molecule has 0 aromatic heterocycles. The first-order valence-corrected chi connectivity index (χ1v) is 5.68. The van der Waals surface area contributed by atoms with E-state index in [9.17, 15) is 0 Å². The van der Waals surface area contributed by atoms with Gasteiger partial charge in [-0.25, -0.2) is 0 Å². The van der Waals surface area contributed by atoms with Crippen LogP contribution in [-0.2, 0) is 0 Å². The van der Waals surface area contributed by atoms with Crippen LogP contribution in [-0.4, -0.2) is 24.8 Å². The molecule has 1 aromatic carbocycles. The third-order valence-electron chi connectivity index (χ3n) is 2.14. The van der Waals surface area contributed by atoms with Crippen LogP contribution < -0.4 is 4.90 Å². The minimum atomic E-state index is 0.0504. The van der Waals surface area contributed by atoms with Crippen molar-refractivity contribution >= 4 is 21.6 Å². The summed E-state index contributed by atoms with van der Waals surface area (Å²) in [6.07, 6.45) is 1.75. The molecule has 4 heteroatoms. The average Bonchev–Trinajstić information content (AvgIpc) is 2.28. The van der Waals surface area contributed by atoms with Crippen LogP contribution in [0.2, 0.25) is 0 Å². The van der Waals surface area contributed by atoms with Crippen molar-refractivity contribution in [2.75, 3.05) is 24.6 Å². The van der Waals surface area contributed by atoms with Gasteiger partial charge in [-0.05, 0) is 18.2 Å². The number of hydrogen-bond acceptors (Lipinski definition) is 3. The van der Waals surface area contributed by atoms with Gasteiger partial charge < -0.3 is 10.0 Å². The highest BCUT2D eigenvalue weighted by Gasteiger charge is 2.09. The summed E-state index contributed by atoms with van der Waals surface area (Å²) in [6.45, 7) is 4.81. The topological polar surface area (TPSA) is 47.3 Å². The summed E-state index contributed by atoms with van der Waals surface area (Å²) >= 11 is 3.33. The van der Waals surface area contributed by atoms with Crippen molar-refractivity contribution in [2.45, 2.75) is 0 Å². The van der Waals surface area contributed by atoms with Crippen molar-refractivity contribution in [1.82, 2.24) is 0 Å². The highest BCUT2D eigenvalue weighted by Crippen LogP contribution is 2.23. The molecule has 0 saturated carbocycles. The molecule has 0 unspecified atom stereocenters. The molecule has 0 amide bonds. The van der Waals surface area contributed by atoms with Gasteiger partial charge in [0.1, 0.15) is 6.07 Å². The summed E-state index contributed by atoms with van der Waals surface area (Å²) < 4.78 is 0.871. The summed E-state index contributed by atoms with van der Waals surface area (Å²) in [6, 6.07) is 7.65. The summed E-state index contributed by atoms with van der Waals surface area (Å²) in [5, 5.41) is 18.0. The molecule has 0 spiro atoms. The predicted molar refractivity (Wildman–Crippen MR) is 68.4 cm³/mol. The van der Waals surface area contributed by atoms with Crippen LogP contribution in [0.5, 0.6) is 0 Å². The third-order valence-corrected chi connectivity index (χ3v) is 2.63. The molecule has 0 heterocycles. The maximum absolute atomic E-state index is 9.04. The highest BCUT2D eigenvalue weighted by molar-refractivity contribution is 9.10. The molecule has 3 nitrogen and oxygen atoms in total. The molecular formula is C12H13BrN2O. The van der Waals surface area contributed by atoms with Crippen LogP contribution in [0, 0.1) is 11.3 Å². The number of aliphatic hydroxyl groups excluding tert-OH is 1. The Hall–Kier alpha value is -1.31. The summed E-state index contributed by atoms with van der Waals surface area (Å²) in [7, 11) is 0. The number of aliphatic hydroxyl groups is 1. The van der Waals surface area contributed by atoms with E-state index in [1.807, 2.05) is 17.0 Å². The van der Waals surface area contributed by atoms with Gasteiger partial charge >= 0.3 is 0 Å². The summed E-state index contributed by atoms with van der Waals surface area (Å²) in [4.78, 5) is 1.91. The molecule has 0 fully saturated rings. The molecule has 0 bridgehead atoms. The van der Waals surface area contributed by atoms with Crippen LogP contribution >= 0.6 is 15.9 Å². The van der Waals surface area contributed by atoms with Gasteiger partial charge in [-0.3, -0.25) is 0 Å². The normalized spacial score (nSPS) is 9.56. The largest absolute Gasteiger partial charge is 0.395 e. The lowest BCUT2D eigenvalue weighted by Gasteiger charge is -2.23. The van der Waals surface area contributed by atoms with E-state index in [-0.39, 0.29) is 6.61 Å². The van der Waals surface area contributed by atoms with Gasteiger partial charge in [-0.15, -0.1) is 6.58 Å². The Labute approximate surface area is 104 Å². The molecule has 1 rings (SSSR count). The van der Waals surface area contributed by atoms with E-state index in [1.165, 1.54) is 0 Å². The van der Waals surface area contributed by atoms with E-state index in [0.29, 0.717) is 18.7 Å². The lowest BCUT2D eigenvalue weighted by atomic mass is 10.1. The SMILES string of the molecule is C=CCN(CCO)c1ccc(Br)cc1C#N. The number of nitriles is 1. The fraction of sp³-hybridized carbons (Fsp3) is 0.250. The number of hydrogen-bond donors (Lipinski definition) is 1. The molecule has 16 heavy (non-hydrogen) atoms. The van der Waals surface area contributed by atoms with Gasteiger partial charge in [0.15, 0.2) is 0 Å². The Morgan fingerprint density at radius 3 is 2.88 bits per heavy atom. The van der Waals surface area contributed by atoms with E-state index in [0.717, 1.165) is 10.2 Å². The van der Waals surface area contributed by atoms with Crippen LogP contribution in [0.15, 0.2) is 35.3 Å². The van der Waals surface area contributed by atoms with Gasteiger partial charge in [0, 0.05) is 17.6 Å². The highest BCUT2D eigenvalue weighted by atomic mass is 79.9. The summed E-state index contributed by atoms with van der Waals surface area (Å²) in [5.41, 5.74) is 1.41. The lowest BCUT2D eigenvalue weighted by Crippen LogP contribution is -2.27. The van der Waals surface area contributed by atoms with Crippen molar-refractivity contribution in [3.05, 3.63) is 40.9 Å². The molecule has 1 N–H and O–H groups in total. The zero-order chi connectivity index (χ0) is 12.0. The third kappa shape index (κ3) is 3.09. The second kappa shape index (κ2) is 6.31. The predicted octanol–water partition coefficient (Wildman–Crippen LogP) is 2.31. The zero-order valence-electron chi connectivity index (χ0n) is 8.86. The monoisotopic (exact) mass is 280 g/mol. The molecule has 1 aromatic rings. The van der Waals surface area contributed by atoms with Crippen LogP contribution in [0.3, 0.4) is 0 Å². The molecule has 0 aliphatic rings. The van der Waals surface area contributed by atoms with Crippen molar-refractivity contribution in [3.63, 3.8) is 0 Å². The van der Waals surface area contributed by atoms with Gasteiger partial charge in [0.2, 0.25) is 0 Å². The van der Waals surface area contributed by atoms with Crippen molar-refractivity contribution in [2.24, 2.45) is 0 Å². The van der Waals surface area contributed by atoms with Crippen LogP contribution in [0.1, 0.15) is 5.56 Å². The minimum Gasteiger partial charge on any atom is -0.395 e. The maximum atomic E-state index is 9.04. The molecule has 0 aliphatic carbocycles. The first-order valence-electron chi connectivity index (χ1n) is 4.89. The van der Waals surface area contributed by atoms with Gasteiger partial charge in [0.25, 0.3) is 0 Å². The second-order valence-electron chi connectivity index (χ2n) is 3.23. The van der Waals surface area contributed by atoms with Crippen LogP contribution in [0.4, 0.5) is 5.69 Å². The number of nitrogens with zero attached hydrogens (tertiary/aromatic N) is 2. The number of halogens is 1. The van der Waals surface area contributed by atoms with Gasteiger partial charge in [0.05, 0.1) is 17.9 Å². The molecule has 0 radical (unpaired) electrons. The first-order chi connectivity index (χ1) is 7.72. The smallest absolute Gasteiger partial charge is 0.101 e. The van der Waals surface area contributed by atoms with Gasteiger partial charge in [-0.2, -0.15) is 5.26 Å². The minimum absolute atomic E-state index is 0.0504. The second-order valence-corrected chi connectivity index (χ2v) is 4.15. The molecule has 84 valence electrons. The van der Waals surface area contributed by atoms with E-state index >= 15 is 0 Å². The van der Waals surface area contributed by atoms with Crippen LogP contribution in [0.25, 0.3) is 0 Å². The first kappa shape index (κ1) is 12.8. The van der Waals surface area contributed by atoms with E-state index in [2.05, 4.69) is 28.6 Å². The Morgan fingerprint density at radius 2 is 2.31 bits per heavy atom. The maximum Gasteiger partial charge on any atom is 0.101 e. The van der Waals surface area contributed by atoms with Gasteiger partial charge in [-0.1, -0.05) is 22.0 Å². The van der Waals surface area contributed by atoms with Crippen molar-refractivity contribution in [3.8, 4) is 6.07 Å². The fourth-order valence-corrected chi connectivity index (χ4v) is 1.82. The van der Waals surface area contributed by atoms with Crippen molar-refractivity contribution in [1.29, 1.82) is 5.26 Å². The Morgan fingerprint density at radius 1 is 1.56 bits per heavy atom. The number of anilines is 1. The number of benzene rings is 1. The lowest BCUT2D eigenvalue weighted by molar-refractivity contribution is 0.303. The zero-order valence-corrected chi connectivity index (χ0v) is 10.4. The average molecular weight is 281 g/mol. The molecule has 0 atom stereocenters. The Balaban J connectivity index is 3.08. The molecular weight excluding hydrogens is 268 g/mol. The van der Waals surface area contributed by atoms with Crippen molar-refractivity contribution < 1.29 is 5.11 Å². The fourth-order valence-electron chi connectivity index (χ4n) is 1.46. The van der Waals surface area contributed by atoms with E-state index in [4.69, 9.17) is 10.4 Å². The summed E-state index contributed by atoms with van der Waals surface area (Å²) in [5.74, 6) is 0. The molecule has 0 aliphatic heterocycles. The van der Waals surface area contributed by atoms with E-state index < -0.39 is 0 Å². The molecule has 0 saturated heterocycles. The number of rotatable bonds is 5. The Kier molecular flexibility index (Phi) is 5.03. The van der Waals surface area contributed by atoms with E-state index in [1.54, 1.807) is 12.1 Å².